The van der Waals surface area contributed by atoms with Gasteiger partial charge in [0.25, 0.3) is 0 Å². The summed E-state index contributed by atoms with van der Waals surface area (Å²) in [6, 6.07) is 4.87. The third kappa shape index (κ3) is 3.38. The topological polar surface area (TPSA) is 15.3 Å². The van der Waals surface area contributed by atoms with Crippen molar-refractivity contribution in [2.75, 3.05) is 13.1 Å². The Hall–Kier alpha value is -0.0900. The molecule has 0 radical (unpaired) electrons. The molecular formula is C16H25ClN2S. The highest BCUT2D eigenvalue weighted by atomic mass is 35.5. The summed E-state index contributed by atoms with van der Waals surface area (Å²) >= 11 is 7.81. The zero-order valence-corrected chi connectivity index (χ0v) is 13.9. The van der Waals surface area contributed by atoms with Gasteiger partial charge in [-0.05, 0) is 44.9 Å². The van der Waals surface area contributed by atoms with Gasteiger partial charge in [0.15, 0.2) is 0 Å². The molecule has 2 aliphatic rings. The molecule has 2 nitrogen and oxygen atoms in total. The average molecular weight is 313 g/mol. The van der Waals surface area contributed by atoms with Crippen molar-refractivity contribution in [3.05, 3.63) is 21.3 Å². The molecule has 3 rings (SSSR count). The Morgan fingerprint density at radius 3 is 2.85 bits per heavy atom. The van der Waals surface area contributed by atoms with Crippen LogP contribution in [-0.4, -0.2) is 29.6 Å². The third-order valence-corrected chi connectivity index (χ3v) is 6.21. The van der Waals surface area contributed by atoms with E-state index in [0.717, 1.165) is 10.9 Å². The molecule has 1 atom stereocenters. The lowest BCUT2D eigenvalue weighted by atomic mass is 9.81. The average Bonchev–Trinajstić information content (AvgIpc) is 2.78. The van der Waals surface area contributed by atoms with Gasteiger partial charge >= 0.3 is 0 Å². The predicted octanol–water partition coefficient (Wildman–Crippen LogP) is 4.29. The van der Waals surface area contributed by atoms with Gasteiger partial charge in [-0.3, -0.25) is 4.90 Å². The van der Waals surface area contributed by atoms with E-state index in [2.05, 4.69) is 23.2 Å². The van der Waals surface area contributed by atoms with Crippen molar-refractivity contribution < 1.29 is 0 Å². The molecule has 2 fully saturated rings. The summed E-state index contributed by atoms with van der Waals surface area (Å²) < 4.78 is 0.910. The Balaban J connectivity index is 1.72. The first-order chi connectivity index (χ1) is 9.67. The van der Waals surface area contributed by atoms with Crippen LogP contribution >= 0.6 is 22.9 Å². The maximum Gasteiger partial charge on any atom is 0.0931 e. The first-order valence-corrected chi connectivity index (χ1v) is 9.10. The van der Waals surface area contributed by atoms with Gasteiger partial charge in [0.1, 0.15) is 0 Å². The highest BCUT2D eigenvalue weighted by molar-refractivity contribution is 7.16. The summed E-state index contributed by atoms with van der Waals surface area (Å²) in [4.78, 5) is 4.07. The number of nitrogens with one attached hydrogen (secondary N) is 1. The molecule has 0 amide bonds. The van der Waals surface area contributed by atoms with Crippen LogP contribution in [0.25, 0.3) is 0 Å². The maximum atomic E-state index is 6.08. The second kappa shape index (κ2) is 6.35. The van der Waals surface area contributed by atoms with E-state index in [9.17, 15) is 0 Å². The minimum atomic E-state index is 0.379. The fraction of sp³-hybridized carbons (Fsp3) is 0.750. The van der Waals surface area contributed by atoms with Crippen molar-refractivity contribution in [2.45, 2.75) is 63.6 Å². The molecule has 0 aromatic carbocycles. The molecule has 1 saturated heterocycles. The van der Waals surface area contributed by atoms with Gasteiger partial charge in [0, 0.05) is 29.5 Å². The van der Waals surface area contributed by atoms with E-state index in [1.165, 1.54) is 56.5 Å². The van der Waals surface area contributed by atoms with E-state index in [1.807, 2.05) is 6.07 Å². The minimum Gasteiger partial charge on any atom is -0.310 e. The van der Waals surface area contributed by atoms with Crippen molar-refractivity contribution in [3.8, 4) is 0 Å². The molecular weight excluding hydrogens is 288 g/mol. The van der Waals surface area contributed by atoms with Gasteiger partial charge in [0.05, 0.1) is 4.34 Å². The van der Waals surface area contributed by atoms with Crippen LogP contribution in [0.1, 0.15) is 50.3 Å². The normalized spacial score (nSPS) is 27.6. The Kier molecular flexibility index (Phi) is 4.71. The van der Waals surface area contributed by atoms with Gasteiger partial charge in [-0.2, -0.15) is 0 Å². The molecule has 1 aromatic heterocycles. The van der Waals surface area contributed by atoms with Crippen molar-refractivity contribution in [1.82, 2.24) is 10.2 Å². The fourth-order valence-corrected chi connectivity index (χ4v) is 4.85. The number of halogens is 1. The van der Waals surface area contributed by atoms with Crippen LogP contribution in [-0.2, 0) is 6.54 Å². The molecule has 1 saturated carbocycles. The summed E-state index contributed by atoms with van der Waals surface area (Å²) in [6.07, 6.45) is 8.14. The Morgan fingerprint density at radius 1 is 1.35 bits per heavy atom. The predicted molar refractivity (Wildman–Crippen MR) is 87.6 cm³/mol. The highest BCUT2D eigenvalue weighted by Crippen LogP contribution is 2.33. The molecule has 4 heteroatoms. The zero-order valence-electron chi connectivity index (χ0n) is 12.3. The van der Waals surface area contributed by atoms with E-state index in [0.29, 0.717) is 11.6 Å². The first kappa shape index (κ1) is 14.8. The molecule has 1 aromatic rings. The van der Waals surface area contributed by atoms with Gasteiger partial charge in [-0.25, -0.2) is 0 Å². The number of hydrogen-bond acceptors (Lipinski definition) is 3. The third-order valence-electron chi connectivity index (χ3n) is 4.99. The van der Waals surface area contributed by atoms with E-state index >= 15 is 0 Å². The molecule has 1 unspecified atom stereocenters. The van der Waals surface area contributed by atoms with Gasteiger partial charge in [0.2, 0.25) is 0 Å². The summed E-state index contributed by atoms with van der Waals surface area (Å²) in [5.41, 5.74) is 0.379. The number of thiophene rings is 1. The van der Waals surface area contributed by atoms with Crippen molar-refractivity contribution in [3.63, 3.8) is 0 Å². The second-order valence-corrected chi connectivity index (χ2v) is 8.32. The van der Waals surface area contributed by atoms with E-state index < -0.39 is 0 Å². The number of rotatable bonds is 2. The van der Waals surface area contributed by atoms with Crippen molar-refractivity contribution in [1.29, 1.82) is 0 Å². The first-order valence-electron chi connectivity index (χ1n) is 7.90. The summed E-state index contributed by atoms with van der Waals surface area (Å²) in [7, 11) is 0. The lowest BCUT2D eigenvalue weighted by molar-refractivity contribution is 0.132. The van der Waals surface area contributed by atoms with Crippen LogP contribution in [0.4, 0.5) is 0 Å². The number of nitrogens with zero attached hydrogens (tertiary/aromatic N) is 1. The highest BCUT2D eigenvalue weighted by Gasteiger charge is 2.36. The monoisotopic (exact) mass is 312 g/mol. The Labute approximate surface area is 131 Å². The molecule has 20 heavy (non-hydrogen) atoms. The smallest absolute Gasteiger partial charge is 0.0931 e. The molecule has 1 spiro atoms. The maximum absolute atomic E-state index is 6.08. The van der Waals surface area contributed by atoms with Gasteiger partial charge in [-0.1, -0.05) is 30.9 Å². The van der Waals surface area contributed by atoms with E-state index in [-0.39, 0.29) is 0 Å². The molecule has 112 valence electrons. The quantitative estimate of drug-likeness (QED) is 0.876. The van der Waals surface area contributed by atoms with Crippen LogP contribution < -0.4 is 5.32 Å². The van der Waals surface area contributed by atoms with Crippen molar-refractivity contribution in [2.24, 2.45) is 0 Å². The minimum absolute atomic E-state index is 0.379. The lowest BCUT2D eigenvalue weighted by Gasteiger charge is -2.41. The molecule has 1 N–H and O–H groups in total. The summed E-state index contributed by atoms with van der Waals surface area (Å²) in [5, 5.41) is 3.88. The van der Waals surface area contributed by atoms with Crippen LogP contribution in [0.2, 0.25) is 4.34 Å². The van der Waals surface area contributed by atoms with Gasteiger partial charge in [-0.15, -0.1) is 11.3 Å². The SMILES string of the molecule is CC1CCNC2(CCCCC2)CN1Cc1ccc(Cl)s1. The molecule has 1 aliphatic heterocycles. The summed E-state index contributed by atoms with van der Waals surface area (Å²) in [6.45, 7) is 5.80. The van der Waals surface area contributed by atoms with Gasteiger partial charge < -0.3 is 5.32 Å². The molecule has 1 aliphatic carbocycles. The Morgan fingerprint density at radius 2 is 2.15 bits per heavy atom. The molecule has 0 bridgehead atoms. The van der Waals surface area contributed by atoms with Crippen molar-refractivity contribution >= 4 is 22.9 Å². The number of hydrogen-bond donors (Lipinski definition) is 1. The zero-order chi connectivity index (χ0) is 14.0. The van der Waals surface area contributed by atoms with E-state index in [1.54, 1.807) is 11.3 Å². The van der Waals surface area contributed by atoms with Crippen LogP contribution in [0.5, 0.6) is 0 Å². The summed E-state index contributed by atoms with van der Waals surface area (Å²) in [5.74, 6) is 0. The van der Waals surface area contributed by atoms with E-state index in [4.69, 9.17) is 11.6 Å². The fourth-order valence-electron chi connectivity index (χ4n) is 3.74. The van der Waals surface area contributed by atoms with Crippen LogP contribution in [0.15, 0.2) is 12.1 Å². The van der Waals surface area contributed by atoms with Crippen LogP contribution in [0, 0.1) is 0 Å². The Bertz CT molecular complexity index is 439. The standard InChI is InChI=1S/C16H25ClN2S/c1-13-7-10-18-16(8-3-2-4-9-16)12-19(13)11-14-5-6-15(17)20-14/h5-6,13,18H,2-4,7-12H2,1H3. The second-order valence-electron chi connectivity index (χ2n) is 6.52. The molecule has 2 heterocycles. The lowest BCUT2D eigenvalue weighted by Crippen LogP contribution is -2.53. The van der Waals surface area contributed by atoms with Crippen LogP contribution in [0.3, 0.4) is 0 Å². The largest absolute Gasteiger partial charge is 0.310 e.